The summed E-state index contributed by atoms with van der Waals surface area (Å²) in [5, 5.41) is 2.57. The highest BCUT2D eigenvalue weighted by atomic mass is 19.1. The van der Waals surface area contributed by atoms with Crippen molar-refractivity contribution in [2.75, 3.05) is 5.32 Å². The van der Waals surface area contributed by atoms with Crippen LogP contribution in [0.15, 0.2) is 42.5 Å². The van der Waals surface area contributed by atoms with Crippen molar-refractivity contribution in [3.8, 4) is 11.1 Å². The zero-order valence-electron chi connectivity index (χ0n) is 9.41. The van der Waals surface area contributed by atoms with E-state index in [0.717, 1.165) is 11.1 Å². The average molecular weight is 229 g/mol. The molecule has 1 N–H and O–H groups in total. The number of carbonyl (C=O) groups excluding carboxylic acids is 1. The lowest BCUT2D eigenvalue weighted by Gasteiger charge is -2.07. The number of anilines is 1. The Morgan fingerprint density at radius 2 is 1.94 bits per heavy atom. The molecule has 0 radical (unpaired) electrons. The summed E-state index contributed by atoms with van der Waals surface area (Å²) in [7, 11) is 0. The molecule has 17 heavy (non-hydrogen) atoms. The minimum absolute atomic E-state index is 0.268. The van der Waals surface area contributed by atoms with E-state index < -0.39 is 0 Å². The molecule has 0 aliphatic carbocycles. The monoisotopic (exact) mass is 229 g/mol. The molecule has 2 nitrogen and oxygen atoms in total. The molecule has 0 aliphatic heterocycles. The van der Waals surface area contributed by atoms with Crippen molar-refractivity contribution in [1.82, 2.24) is 0 Å². The molecule has 0 spiro atoms. The smallest absolute Gasteiger partial charge is 0.211 e. The van der Waals surface area contributed by atoms with Gasteiger partial charge in [-0.15, -0.1) is 0 Å². The highest BCUT2D eigenvalue weighted by molar-refractivity contribution is 5.76. The van der Waals surface area contributed by atoms with Crippen molar-refractivity contribution >= 4 is 12.1 Å². The summed E-state index contributed by atoms with van der Waals surface area (Å²) in [4.78, 5) is 10.4. The molecule has 2 rings (SSSR count). The van der Waals surface area contributed by atoms with E-state index in [1.165, 1.54) is 6.07 Å². The largest absolute Gasteiger partial charge is 0.329 e. The average Bonchev–Trinajstić information content (AvgIpc) is 2.29. The van der Waals surface area contributed by atoms with E-state index >= 15 is 0 Å². The van der Waals surface area contributed by atoms with Crippen LogP contribution in [0.25, 0.3) is 11.1 Å². The first-order valence-electron chi connectivity index (χ1n) is 5.27. The van der Waals surface area contributed by atoms with Gasteiger partial charge in [-0.2, -0.15) is 0 Å². The van der Waals surface area contributed by atoms with E-state index in [-0.39, 0.29) is 5.82 Å². The van der Waals surface area contributed by atoms with Crippen LogP contribution in [0.2, 0.25) is 0 Å². The van der Waals surface area contributed by atoms with Crippen molar-refractivity contribution in [1.29, 1.82) is 0 Å². The Morgan fingerprint density at radius 1 is 1.18 bits per heavy atom. The number of hydrogen-bond acceptors (Lipinski definition) is 1. The summed E-state index contributed by atoms with van der Waals surface area (Å²) in [5.41, 5.74) is 2.92. The summed E-state index contributed by atoms with van der Waals surface area (Å²) < 4.78 is 13.6. The first-order valence-corrected chi connectivity index (χ1v) is 5.27. The lowest BCUT2D eigenvalue weighted by atomic mass is 10.0. The molecule has 0 atom stereocenters. The molecule has 2 aromatic carbocycles. The fourth-order valence-electron chi connectivity index (χ4n) is 1.79. The maximum absolute atomic E-state index is 13.6. The van der Waals surface area contributed by atoms with Crippen LogP contribution in [0.3, 0.4) is 0 Å². The molecule has 2 aromatic rings. The maximum Gasteiger partial charge on any atom is 0.211 e. The molecule has 86 valence electrons. The van der Waals surface area contributed by atoms with Gasteiger partial charge in [-0.25, -0.2) is 4.39 Å². The number of hydrogen-bond donors (Lipinski definition) is 1. The van der Waals surface area contributed by atoms with Crippen LogP contribution in [0.1, 0.15) is 5.56 Å². The van der Waals surface area contributed by atoms with Gasteiger partial charge < -0.3 is 5.32 Å². The lowest BCUT2D eigenvalue weighted by Crippen LogP contribution is -1.95. The van der Waals surface area contributed by atoms with Gasteiger partial charge >= 0.3 is 0 Å². The molecule has 1 amide bonds. The lowest BCUT2D eigenvalue weighted by molar-refractivity contribution is -0.105. The van der Waals surface area contributed by atoms with Crippen LogP contribution in [0.4, 0.5) is 10.1 Å². The molecule has 0 saturated heterocycles. The fourth-order valence-corrected chi connectivity index (χ4v) is 1.79. The molecular weight excluding hydrogens is 217 g/mol. The number of carbonyl (C=O) groups is 1. The van der Waals surface area contributed by atoms with E-state index in [4.69, 9.17) is 0 Å². The van der Waals surface area contributed by atoms with Gasteiger partial charge in [-0.1, -0.05) is 24.3 Å². The second-order valence-electron chi connectivity index (χ2n) is 3.83. The predicted molar refractivity (Wildman–Crippen MR) is 66.3 cm³/mol. The van der Waals surface area contributed by atoms with Gasteiger partial charge in [0.2, 0.25) is 6.41 Å². The van der Waals surface area contributed by atoms with Gasteiger partial charge in [0.25, 0.3) is 0 Å². The molecule has 0 unspecified atom stereocenters. The summed E-state index contributed by atoms with van der Waals surface area (Å²) in [5.74, 6) is -0.268. The molecular formula is C14H12FNO. The van der Waals surface area contributed by atoms with Crippen molar-refractivity contribution in [3.05, 3.63) is 53.8 Å². The number of amides is 1. The normalized spacial score (nSPS) is 10.0. The summed E-state index contributed by atoms with van der Waals surface area (Å²) in [6, 6.07) is 12.0. The Bertz CT molecular complexity index is 552. The second kappa shape index (κ2) is 4.78. The standard InChI is InChI=1S/C14H12FNO/c1-10-6-11(8-12(7-10)16-9-17)13-4-2-3-5-14(13)15/h2-9H,1H3,(H,16,17). The van der Waals surface area contributed by atoms with Crippen LogP contribution in [0.5, 0.6) is 0 Å². The second-order valence-corrected chi connectivity index (χ2v) is 3.83. The van der Waals surface area contributed by atoms with E-state index in [2.05, 4.69) is 5.32 Å². The van der Waals surface area contributed by atoms with Crippen LogP contribution < -0.4 is 5.32 Å². The van der Waals surface area contributed by atoms with E-state index in [9.17, 15) is 9.18 Å². The van der Waals surface area contributed by atoms with Crippen LogP contribution in [-0.2, 0) is 4.79 Å². The fraction of sp³-hybridized carbons (Fsp3) is 0.0714. The van der Waals surface area contributed by atoms with Crippen LogP contribution in [0, 0.1) is 12.7 Å². The zero-order chi connectivity index (χ0) is 12.3. The molecule has 0 aromatic heterocycles. The Hall–Kier alpha value is -2.16. The quantitative estimate of drug-likeness (QED) is 0.803. The SMILES string of the molecule is Cc1cc(NC=O)cc(-c2ccccc2F)c1. The molecule has 0 bridgehead atoms. The van der Waals surface area contributed by atoms with Crippen molar-refractivity contribution < 1.29 is 9.18 Å². The van der Waals surface area contributed by atoms with Gasteiger partial charge in [-0.3, -0.25) is 4.79 Å². The third-order valence-corrected chi connectivity index (χ3v) is 2.49. The van der Waals surface area contributed by atoms with Gasteiger partial charge in [0.15, 0.2) is 0 Å². The highest BCUT2D eigenvalue weighted by Crippen LogP contribution is 2.26. The van der Waals surface area contributed by atoms with E-state index in [1.54, 1.807) is 24.3 Å². The van der Waals surface area contributed by atoms with Crippen molar-refractivity contribution in [3.63, 3.8) is 0 Å². The number of aryl methyl sites for hydroxylation is 1. The third-order valence-electron chi connectivity index (χ3n) is 2.49. The molecule has 0 saturated carbocycles. The molecule has 0 heterocycles. The van der Waals surface area contributed by atoms with Crippen LogP contribution in [-0.4, -0.2) is 6.41 Å². The van der Waals surface area contributed by atoms with E-state index in [1.807, 2.05) is 19.1 Å². The van der Waals surface area contributed by atoms with Gasteiger partial charge in [0.05, 0.1) is 0 Å². The Balaban J connectivity index is 2.52. The van der Waals surface area contributed by atoms with E-state index in [0.29, 0.717) is 17.7 Å². The summed E-state index contributed by atoms with van der Waals surface area (Å²) in [6.07, 6.45) is 0.611. The van der Waals surface area contributed by atoms with Crippen molar-refractivity contribution in [2.24, 2.45) is 0 Å². The molecule has 0 aliphatic rings. The topological polar surface area (TPSA) is 29.1 Å². The maximum atomic E-state index is 13.6. The van der Waals surface area contributed by atoms with Crippen LogP contribution >= 0.6 is 0 Å². The minimum Gasteiger partial charge on any atom is -0.329 e. The van der Waals surface area contributed by atoms with Gasteiger partial charge in [0, 0.05) is 11.3 Å². The van der Waals surface area contributed by atoms with Gasteiger partial charge in [-0.05, 0) is 36.2 Å². The third kappa shape index (κ3) is 2.50. The van der Waals surface area contributed by atoms with Gasteiger partial charge in [0.1, 0.15) is 5.82 Å². The summed E-state index contributed by atoms with van der Waals surface area (Å²) >= 11 is 0. The molecule has 3 heteroatoms. The first-order chi connectivity index (χ1) is 8.20. The minimum atomic E-state index is -0.268. The number of benzene rings is 2. The number of rotatable bonds is 3. The summed E-state index contributed by atoms with van der Waals surface area (Å²) in [6.45, 7) is 1.90. The first kappa shape index (κ1) is 11.3. The molecule has 0 fully saturated rings. The van der Waals surface area contributed by atoms with Crippen molar-refractivity contribution in [2.45, 2.75) is 6.92 Å². The Labute approximate surface area is 99.1 Å². The zero-order valence-corrected chi connectivity index (χ0v) is 9.41. The number of halogens is 1. The predicted octanol–water partition coefficient (Wildman–Crippen LogP) is 3.37. The number of nitrogens with one attached hydrogen (secondary N) is 1. The highest BCUT2D eigenvalue weighted by Gasteiger charge is 2.05. The Morgan fingerprint density at radius 3 is 2.65 bits per heavy atom. The Kier molecular flexibility index (Phi) is 3.19.